The van der Waals surface area contributed by atoms with Crippen molar-refractivity contribution in [3.8, 4) is 5.75 Å². The fourth-order valence-corrected chi connectivity index (χ4v) is 3.51. The minimum absolute atomic E-state index is 0.0928. The highest BCUT2D eigenvalue weighted by atomic mass is 16.7. The minimum Gasteiger partial charge on any atom is -0.497 e. The second-order valence-corrected chi connectivity index (χ2v) is 7.43. The number of aliphatic hydroxyl groups excluding tert-OH is 1. The third-order valence-electron chi connectivity index (χ3n) is 5.22. The molecule has 0 spiro atoms. The van der Waals surface area contributed by atoms with Gasteiger partial charge in [-0.2, -0.15) is 0 Å². The molecule has 0 bridgehead atoms. The predicted octanol–water partition coefficient (Wildman–Crippen LogP) is 2.52. The summed E-state index contributed by atoms with van der Waals surface area (Å²) in [5.74, 6) is 0.763. The zero-order chi connectivity index (χ0) is 22.8. The standard InChI is InChI=1S/C24H32O8/c1-26-16-29-15-20-21(25)22(30-14-18-9-11-19(27-2)12-10-18)23(24(28-3)32-20)31-13-17-7-5-4-6-8-17/h4-12,20-25H,13-16H2,1-3H3/t20-,21-,22+,23+,24-/m1/s1. The summed E-state index contributed by atoms with van der Waals surface area (Å²) in [6.07, 6.45) is -3.73. The van der Waals surface area contributed by atoms with E-state index in [1.54, 1.807) is 7.11 Å². The molecule has 1 fully saturated rings. The van der Waals surface area contributed by atoms with Gasteiger partial charge in [0.15, 0.2) is 6.29 Å². The van der Waals surface area contributed by atoms with Gasteiger partial charge in [-0.15, -0.1) is 0 Å². The first kappa shape index (κ1) is 24.6. The molecular formula is C24H32O8. The van der Waals surface area contributed by atoms with Gasteiger partial charge in [-0.3, -0.25) is 0 Å². The Morgan fingerprint density at radius 1 is 0.844 bits per heavy atom. The van der Waals surface area contributed by atoms with Crippen LogP contribution in [0.4, 0.5) is 0 Å². The maximum absolute atomic E-state index is 11.0. The summed E-state index contributed by atoms with van der Waals surface area (Å²) in [6.45, 7) is 0.825. The zero-order valence-corrected chi connectivity index (χ0v) is 18.7. The normalized spacial score (nSPS) is 25.6. The van der Waals surface area contributed by atoms with Gasteiger partial charge < -0.3 is 38.3 Å². The fraction of sp³-hybridized carbons (Fsp3) is 0.500. The molecule has 1 N–H and O–H groups in total. The Labute approximate surface area is 188 Å². The van der Waals surface area contributed by atoms with Crippen LogP contribution in [0.5, 0.6) is 5.75 Å². The highest BCUT2D eigenvalue weighted by molar-refractivity contribution is 5.26. The van der Waals surface area contributed by atoms with Crippen LogP contribution in [0.15, 0.2) is 54.6 Å². The monoisotopic (exact) mass is 448 g/mol. The Balaban J connectivity index is 1.73. The van der Waals surface area contributed by atoms with E-state index in [9.17, 15) is 5.11 Å². The van der Waals surface area contributed by atoms with E-state index in [4.69, 9.17) is 33.2 Å². The summed E-state index contributed by atoms with van der Waals surface area (Å²) >= 11 is 0. The average Bonchev–Trinajstić information content (AvgIpc) is 2.84. The summed E-state index contributed by atoms with van der Waals surface area (Å²) in [7, 11) is 4.69. The lowest BCUT2D eigenvalue weighted by molar-refractivity contribution is -0.317. The molecule has 32 heavy (non-hydrogen) atoms. The van der Waals surface area contributed by atoms with E-state index >= 15 is 0 Å². The van der Waals surface area contributed by atoms with Crippen molar-refractivity contribution in [3.63, 3.8) is 0 Å². The fourth-order valence-electron chi connectivity index (χ4n) is 3.51. The molecule has 5 atom stereocenters. The predicted molar refractivity (Wildman–Crippen MR) is 116 cm³/mol. The van der Waals surface area contributed by atoms with E-state index in [0.717, 1.165) is 16.9 Å². The molecule has 1 saturated heterocycles. The SMILES string of the molecule is COCOC[C@H]1O[C@@H](OC)[C@@H](OCc2ccccc2)[C@@H](OCc2ccc(OC)cc2)[C@@H]1O. The van der Waals surface area contributed by atoms with Crippen molar-refractivity contribution in [2.45, 2.75) is 43.9 Å². The molecule has 2 aromatic carbocycles. The number of aliphatic hydroxyl groups is 1. The van der Waals surface area contributed by atoms with Crippen LogP contribution in [0.1, 0.15) is 11.1 Å². The van der Waals surface area contributed by atoms with Gasteiger partial charge in [0, 0.05) is 14.2 Å². The van der Waals surface area contributed by atoms with Crippen molar-refractivity contribution in [1.82, 2.24) is 0 Å². The third-order valence-corrected chi connectivity index (χ3v) is 5.22. The van der Waals surface area contributed by atoms with Gasteiger partial charge in [-0.05, 0) is 23.3 Å². The molecule has 3 rings (SSSR count). The number of ether oxygens (including phenoxy) is 7. The highest BCUT2D eigenvalue weighted by Gasteiger charge is 2.47. The molecule has 0 saturated carbocycles. The average molecular weight is 449 g/mol. The molecule has 0 aromatic heterocycles. The number of rotatable bonds is 12. The van der Waals surface area contributed by atoms with E-state index in [1.165, 1.54) is 14.2 Å². The molecule has 8 heteroatoms. The summed E-state index contributed by atoms with van der Waals surface area (Å²) in [6, 6.07) is 17.3. The molecule has 1 aliphatic heterocycles. The molecule has 0 unspecified atom stereocenters. The number of hydrogen-bond acceptors (Lipinski definition) is 8. The number of benzene rings is 2. The number of hydrogen-bond donors (Lipinski definition) is 1. The molecule has 8 nitrogen and oxygen atoms in total. The lowest BCUT2D eigenvalue weighted by atomic mass is 9.98. The first-order valence-corrected chi connectivity index (χ1v) is 10.5. The maximum Gasteiger partial charge on any atom is 0.186 e. The summed E-state index contributed by atoms with van der Waals surface area (Å²) in [4.78, 5) is 0. The second kappa shape index (κ2) is 12.9. The second-order valence-electron chi connectivity index (χ2n) is 7.43. The van der Waals surface area contributed by atoms with Crippen LogP contribution < -0.4 is 4.74 Å². The van der Waals surface area contributed by atoms with Gasteiger partial charge in [-0.1, -0.05) is 42.5 Å². The van der Waals surface area contributed by atoms with Gasteiger partial charge in [0.05, 0.1) is 26.9 Å². The van der Waals surface area contributed by atoms with Crippen LogP contribution in [0, 0.1) is 0 Å². The Kier molecular flexibility index (Phi) is 9.89. The molecule has 0 radical (unpaired) electrons. The van der Waals surface area contributed by atoms with Crippen LogP contribution in [0.25, 0.3) is 0 Å². The molecule has 2 aromatic rings. The quantitative estimate of drug-likeness (QED) is 0.392. The minimum atomic E-state index is -0.989. The van der Waals surface area contributed by atoms with Crippen LogP contribution in [0.3, 0.4) is 0 Å². The van der Waals surface area contributed by atoms with Crippen LogP contribution in [-0.2, 0) is 41.6 Å². The number of methoxy groups -OCH3 is 3. The van der Waals surface area contributed by atoms with Gasteiger partial charge in [0.1, 0.15) is 37.0 Å². The van der Waals surface area contributed by atoms with Crippen molar-refractivity contribution in [2.75, 3.05) is 34.7 Å². The first-order valence-electron chi connectivity index (χ1n) is 10.5. The summed E-state index contributed by atoms with van der Waals surface area (Å²) in [5, 5.41) is 11.0. The lowest BCUT2D eigenvalue weighted by Gasteiger charge is -2.43. The van der Waals surface area contributed by atoms with E-state index in [2.05, 4.69) is 0 Å². The Bertz CT molecular complexity index is 769. The van der Waals surface area contributed by atoms with Gasteiger partial charge in [0.2, 0.25) is 0 Å². The summed E-state index contributed by atoms with van der Waals surface area (Å²) < 4.78 is 39.3. The van der Waals surface area contributed by atoms with Crippen molar-refractivity contribution in [1.29, 1.82) is 0 Å². The van der Waals surface area contributed by atoms with E-state index < -0.39 is 30.7 Å². The van der Waals surface area contributed by atoms with Crippen LogP contribution in [0.2, 0.25) is 0 Å². The van der Waals surface area contributed by atoms with Gasteiger partial charge in [-0.25, -0.2) is 0 Å². The first-order chi connectivity index (χ1) is 15.7. The Morgan fingerprint density at radius 3 is 2.12 bits per heavy atom. The lowest BCUT2D eigenvalue weighted by Crippen LogP contribution is -2.60. The molecule has 1 heterocycles. The van der Waals surface area contributed by atoms with Gasteiger partial charge in [0.25, 0.3) is 0 Å². The van der Waals surface area contributed by atoms with Crippen molar-refractivity contribution in [3.05, 3.63) is 65.7 Å². The molecule has 0 aliphatic carbocycles. The van der Waals surface area contributed by atoms with E-state index in [0.29, 0.717) is 6.61 Å². The molecule has 0 amide bonds. The molecule has 176 valence electrons. The van der Waals surface area contributed by atoms with Crippen molar-refractivity contribution < 1.29 is 38.3 Å². The van der Waals surface area contributed by atoms with E-state index in [-0.39, 0.29) is 20.0 Å². The molecule has 1 aliphatic rings. The summed E-state index contributed by atoms with van der Waals surface area (Å²) in [5.41, 5.74) is 1.93. The van der Waals surface area contributed by atoms with Crippen molar-refractivity contribution >= 4 is 0 Å². The van der Waals surface area contributed by atoms with Crippen LogP contribution >= 0.6 is 0 Å². The maximum atomic E-state index is 11.0. The van der Waals surface area contributed by atoms with Crippen molar-refractivity contribution in [2.24, 2.45) is 0 Å². The topological polar surface area (TPSA) is 84.8 Å². The largest absolute Gasteiger partial charge is 0.497 e. The van der Waals surface area contributed by atoms with E-state index in [1.807, 2.05) is 54.6 Å². The van der Waals surface area contributed by atoms with Crippen LogP contribution in [-0.4, -0.2) is 70.5 Å². The zero-order valence-electron chi connectivity index (χ0n) is 18.7. The Morgan fingerprint density at radius 2 is 1.50 bits per heavy atom. The third kappa shape index (κ3) is 6.73. The van der Waals surface area contributed by atoms with Gasteiger partial charge >= 0.3 is 0 Å². The highest BCUT2D eigenvalue weighted by Crippen LogP contribution is 2.28. The molecular weight excluding hydrogens is 416 g/mol. The Hall–Kier alpha value is -2.04. The smallest absolute Gasteiger partial charge is 0.186 e.